The van der Waals surface area contributed by atoms with E-state index in [-0.39, 0.29) is 11.8 Å². The lowest BCUT2D eigenvalue weighted by Crippen LogP contribution is -2.48. The Bertz CT molecular complexity index is 712. The quantitative estimate of drug-likeness (QED) is 0.853. The molecule has 0 N–H and O–H groups in total. The Kier molecular flexibility index (Phi) is 3.98. The first-order valence-electron chi connectivity index (χ1n) is 7.74. The van der Waals surface area contributed by atoms with Crippen molar-refractivity contribution in [3.8, 4) is 0 Å². The van der Waals surface area contributed by atoms with Crippen LogP contribution in [0.25, 0.3) is 10.9 Å². The zero-order valence-corrected chi connectivity index (χ0v) is 13.1. The highest BCUT2D eigenvalue weighted by Gasteiger charge is 2.24. The van der Waals surface area contributed by atoms with Crippen LogP contribution in [0.4, 0.5) is 0 Å². The van der Waals surface area contributed by atoms with Gasteiger partial charge in [-0.2, -0.15) is 0 Å². The number of para-hydroxylation sites is 1. The Morgan fingerprint density at radius 1 is 1.09 bits per heavy atom. The van der Waals surface area contributed by atoms with Crippen LogP contribution >= 0.6 is 0 Å². The van der Waals surface area contributed by atoms with Crippen LogP contribution in [-0.2, 0) is 0 Å². The van der Waals surface area contributed by atoms with E-state index in [4.69, 9.17) is 0 Å². The van der Waals surface area contributed by atoms with Crippen molar-refractivity contribution in [3.05, 3.63) is 36.0 Å². The van der Waals surface area contributed by atoms with Crippen molar-refractivity contribution in [1.29, 1.82) is 0 Å². The molecule has 0 spiro atoms. The fraction of sp³-hybridized carbons (Fsp3) is 0.412. The molecular weight excluding hydrogens is 278 g/mol. The first-order valence-corrected chi connectivity index (χ1v) is 7.74. The van der Waals surface area contributed by atoms with Crippen molar-refractivity contribution in [1.82, 2.24) is 14.4 Å². The topological polar surface area (TPSA) is 45.5 Å². The second-order valence-corrected chi connectivity index (χ2v) is 5.68. The van der Waals surface area contributed by atoms with E-state index in [1.165, 1.54) is 6.92 Å². The molecule has 2 heterocycles. The van der Waals surface area contributed by atoms with Crippen molar-refractivity contribution in [2.24, 2.45) is 0 Å². The highest BCUT2D eigenvalue weighted by Crippen LogP contribution is 2.23. The summed E-state index contributed by atoms with van der Waals surface area (Å²) in [6.45, 7) is 7.98. The Balaban J connectivity index is 1.93. The number of likely N-dealkylation sites (N-methyl/N-ethyl adjacent to an activating group) is 1. The molecule has 1 aliphatic heterocycles. The molecule has 0 aliphatic carbocycles. The number of fused-ring (bicyclic) bond motifs is 1. The maximum atomic E-state index is 12.8. The second kappa shape index (κ2) is 5.93. The van der Waals surface area contributed by atoms with Gasteiger partial charge in [-0.1, -0.05) is 25.1 Å². The summed E-state index contributed by atoms with van der Waals surface area (Å²) in [6, 6.07) is 7.57. The van der Waals surface area contributed by atoms with Gasteiger partial charge < -0.3 is 9.80 Å². The molecule has 2 aromatic rings. The van der Waals surface area contributed by atoms with Crippen molar-refractivity contribution < 1.29 is 9.59 Å². The summed E-state index contributed by atoms with van der Waals surface area (Å²) in [5.74, 6) is -0.0574. The molecule has 116 valence electrons. The number of carbonyl (C=O) groups excluding carboxylic acids is 2. The van der Waals surface area contributed by atoms with Gasteiger partial charge >= 0.3 is 0 Å². The minimum Gasteiger partial charge on any atom is -0.336 e. The van der Waals surface area contributed by atoms with Crippen LogP contribution in [0, 0.1) is 0 Å². The number of aromatic nitrogens is 1. The van der Waals surface area contributed by atoms with E-state index in [0.717, 1.165) is 43.6 Å². The molecule has 0 unspecified atom stereocenters. The maximum Gasteiger partial charge on any atom is 0.256 e. The number of benzene rings is 1. The van der Waals surface area contributed by atoms with E-state index in [9.17, 15) is 9.59 Å². The molecule has 5 heteroatoms. The first kappa shape index (κ1) is 14.8. The molecule has 0 atom stereocenters. The molecule has 3 rings (SSSR count). The highest BCUT2D eigenvalue weighted by molar-refractivity contribution is 6.09. The van der Waals surface area contributed by atoms with Crippen molar-refractivity contribution in [3.63, 3.8) is 0 Å². The van der Waals surface area contributed by atoms with E-state index in [2.05, 4.69) is 11.8 Å². The third kappa shape index (κ3) is 2.52. The summed E-state index contributed by atoms with van der Waals surface area (Å²) in [4.78, 5) is 28.8. The molecule has 1 aromatic carbocycles. The fourth-order valence-electron chi connectivity index (χ4n) is 3.05. The van der Waals surface area contributed by atoms with Crippen LogP contribution in [-0.4, -0.2) is 58.9 Å². The highest BCUT2D eigenvalue weighted by atomic mass is 16.2. The zero-order chi connectivity index (χ0) is 15.7. The van der Waals surface area contributed by atoms with Crippen LogP contribution in [0.2, 0.25) is 0 Å². The second-order valence-electron chi connectivity index (χ2n) is 5.68. The SMILES string of the molecule is CCN1CCN(C(=O)c2cn(C(C)=O)c3ccccc23)CC1. The molecule has 1 amide bonds. The van der Waals surface area contributed by atoms with Crippen molar-refractivity contribution in [2.45, 2.75) is 13.8 Å². The lowest BCUT2D eigenvalue weighted by Gasteiger charge is -2.34. The lowest BCUT2D eigenvalue weighted by molar-refractivity contribution is 0.0645. The van der Waals surface area contributed by atoms with Gasteiger partial charge in [-0.3, -0.25) is 14.2 Å². The van der Waals surface area contributed by atoms with Crippen LogP contribution in [0.15, 0.2) is 30.5 Å². The number of nitrogens with zero attached hydrogens (tertiary/aromatic N) is 3. The van der Waals surface area contributed by atoms with Crippen LogP contribution in [0.1, 0.15) is 29.0 Å². The average Bonchev–Trinajstić information content (AvgIpc) is 2.94. The molecular formula is C17H21N3O2. The molecule has 1 saturated heterocycles. The summed E-state index contributed by atoms with van der Waals surface area (Å²) in [6.07, 6.45) is 1.68. The molecule has 0 radical (unpaired) electrons. The van der Waals surface area contributed by atoms with Crippen LogP contribution in [0.5, 0.6) is 0 Å². The number of amides is 1. The average molecular weight is 299 g/mol. The van der Waals surface area contributed by atoms with E-state index < -0.39 is 0 Å². The minimum atomic E-state index is -0.0777. The fourth-order valence-corrected chi connectivity index (χ4v) is 3.05. The van der Waals surface area contributed by atoms with Gasteiger partial charge in [0, 0.05) is 44.7 Å². The third-order valence-corrected chi connectivity index (χ3v) is 4.39. The van der Waals surface area contributed by atoms with Gasteiger partial charge in [0.2, 0.25) is 5.91 Å². The van der Waals surface area contributed by atoms with Gasteiger partial charge in [0.15, 0.2) is 0 Å². The Morgan fingerprint density at radius 3 is 2.41 bits per heavy atom. The zero-order valence-electron chi connectivity index (χ0n) is 13.1. The van der Waals surface area contributed by atoms with E-state index >= 15 is 0 Å². The molecule has 5 nitrogen and oxygen atoms in total. The van der Waals surface area contributed by atoms with Crippen molar-refractivity contribution in [2.75, 3.05) is 32.7 Å². The van der Waals surface area contributed by atoms with Crippen LogP contribution in [0.3, 0.4) is 0 Å². The lowest BCUT2D eigenvalue weighted by atomic mass is 10.1. The Morgan fingerprint density at radius 2 is 1.77 bits per heavy atom. The van der Waals surface area contributed by atoms with Gasteiger partial charge in [0.05, 0.1) is 11.1 Å². The number of carbonyl (C=O) groups is 2. The minimum absolute atomic E-state index is 0.0203. The third-order valence-electron chi connectivity index (χ3n) is 4.39. The predicted molar refractivity (Wildman–Crippen MR) is 86.3 cm³/mol. The monoisotopic (exact) mass is 299 g/mol. The standard InChI is InChI=1S/C17H21N3O2/c1-3-18-8-10-19(11-9-18)17(22)15-12-20(13(2)21)16-7-5-4-6-14(15)16/h4-7,12H,3,8-11H2,1-2H3. The summed E-state index contributed by atoms with van der Waals surface area (Å²) in [7, 11) is 0. The molecule has 1 aliphatic rings. The maximum absolute atomic E-state index is 12.8. The largest absolute Gasteiger partial charge is 0.336 e. The van der Waals surface area contributed by atoms with E-state index in [1.807, 2.05) is 29.2 Å². The first-order chi connectivity index (χ1) is 10.6. The summed E-state index contributed by atoms with van der Waals surface area (Å²) in [5, 5.41) is 0.848. The van der Waals surface area contributed by atoms with Gasteiger partial charge in [0.1, 0.15) is 0 Å². The molecule has 1 aromatic heterocycles. The summed E-state index contributed by atoms with van der Waals surface area (Å²) < 4.78 is 1.56. The summed E-state index contributed by atoms with van der Waals surface area (Å²) in [5.41, 5.74) is 1.42. The van der Waals surface area contributed by atoms with E-state index in [1.54, 1.807) is 10.8 Å². The smallest absolute Gasteiger partial charge is 0.256 e. The normalized spacial score (nSPS) is 16.2. The van der Waals surface area contributed by atoms with Crippen LogP contribution < -0.4 is 0 Å². The molecule has 0 saturated carbocycles. The molecule has 0 bridgehead atoms. The van der Waals surface area contributed by atoms with Gasteiger partial charge in [-0.15, -0.1) is 0 Å². The van der Waals surface area contributed by atoms with Gasteiger partial charge in [0.25, 0.3) is 5.91 Å². The summed E-state index contributed by atoms with van der Waals surface area (Å²) >= 11 is 0. The number of hydrogen-bond donors (Lipinski definition) is 0. The predicted octanol–water partition coefficient (Wildman–Crippen LogP) is 2.08. The van der Waals surface area contributed by atoms with Gasteiger partial charge in [-0.25, -0.2) is 0 Å². The number of rotatable bonds is 2. The van der Waals surface area contributed by atoms with E-state index in [0.29, 0.717) is 5.56 Å². The molecule has 22 heavy (non-hydrogen) atoms. The Hall–Kier alpha value is -2.14. The molecule has 1 fully saturated rings. The van der Waals surface area contributed by atoms with Gasteiger partial charge in [-0.05, 0) is 12.6 Å². The number of hydrogen-bond acceptors (Lipinski definition) is 3. The van der Waals surface area contributed by atoms with Crippen molar-refractivity contribution >= 4 is 22.7 Å². The number of piperazine rings is 1. The Labute approximate surface area is 130 Å².